The van der Waals surface area contributed by atoms with Gasteiger partial charge in [0.1, 0.15) is 0 Å². The Labute approximate surface area is 107 Å². The van der Waals surface area contributed by atoms with Gasteiger partial charge in [-0.3, -0.25) is 4.79 Å². The molecular formula is C13H16O4S. The Bertz CT molecular complexity index is 521. The molecule has 0 bridgehead atoms. The van der Waals surface area contributed by atoms with Gasteiger partial charge in [-0.2, -0.15) is 0 Å². The standard InChI is InChI=1S/C13H16O4S/c1-10-7-8-12(9-13(14)17-10)18(15,16)11-5-3-2-4-6-11/h2-6,10,12H,7-9H2,1H3/t10-,12?/m1/s1. The summed E-state index contributed by atoms with van der Waals surface area (Å²) in [4.78, 5) is 11.8. The van der Waals surface area contributed by atoms with Gasteiger partial charge in [0.15, 0.2) is 9.84 Å². The van der Waals surface area contributed by atoms with Crippen molar-refractivity contribution in [3.8, 4) is 0 Å². The van der Waals surface area contributed by atoms with Gasteiger partial charge in [-0.05, 0) is 31.9 Å². The van der Waals surface area contributed by atoms with Crippen molar-refractivity contribution in [1.82, 2.24) is 0 Å². The zero-order valence-corrected chi connectivity index (χ0v) is 11.0. The van der Waals surface area contributed by atoms with Crippen LogP contribution >= 0.6 is 0 Å². The van der Waals surface area contributed by atoms with Crippen LogP contribution < -0.4 is 0 Å². The molecule has 0 saturated carbocycles. The number of cyclic esters (lactones) is 1. The second kappa shape index (κ2) is 5.10. The maximum absolute atomic E-state index is 12.4. The van der Waals surface area contributed by atoms with E-state index in [1.54, 1.807) is 37.3 Å². The maximum atomic E-state index is 12.4. The Kier molecular flexibility index (Phi) is 3.71. The second-order valence-corrected chi connectivity index (χ2v) is 6.79. The summed E-state index contributed by atoms with van der Waals surface area (Å²) >= 11 is 0. The van der Waals surface area contributed by atoms with Gasteiger partial charge in [0, 0.05) is 0 Å². The molecule has 1 aromatic rings. The highest BCUT2D eigenvalue weighted by Crippen LogP contribution is 2.26. The number of carbonyl (C=O) groups excluding carboxylic acids is 1. The first kappa shape index (κ1) is 13.1. The summed E-state index contributed by atoms with van der Waals surface area (Å²) in [5.41, 5.74) is 0. The lowest BCUT2D eigenvalue weighted by molar-refractivity contribution is -0.146. The van der Waals surface area contributed by atoms with E-state index in [2.05, 4.69) is 0 Å². The molecule has 2 rings (SSSR count). The van der Waals surface area contributed by atoms with E-state index in [-0.39, 0.29) is 17.4 Å². The van der Waals surface area contributed by atoms with Crippen molar-refractivity contribution >= 4 is 15.8 Å². The normalized spacial score (nSPS) is 25.3. The lowest BCUT2D eigenvalue weighted by Crippen LogP contribution is -2.23. The van der Waals surface area contributed by atoms with Gasteiger partial charge in [-0.25, -0.2) is 8.42 Å². The fourth-order valence-electron chi connectivity index (χ4n) is 2.11. The maximum Gasteiger partial charge on any atom is 0.307 e. The summed E-state index contributed by atoms with van der Waals surface area (Å²) in [5.74, 6) is -0.426. The summed E-state index contributed by atoms with van der Waals surface area (Å²) < 4.78 is 29.8. The van der Waals surface area contributed by atoms with Crippen LogP contribution in [-0.4, -0.2) is 25.7 Å². The van der Waals surface area contributed by atoms with Gasteiger partial charge in [0.25, 0.3) is 0 Å². The first-order valence-corrected chi connectivity index (χ1v) is 7.53. The molecule has 18 heavy (non-hydrogen) atoms. The van der Waals surface area contributed by atoms with Gasteiger partial charge in [0.2, 0.25) is 0 Å². The molecule has 5 heteroatoms. The number of carbonyl (C=O) groups is 1. The summed E-state index contributed by atoms with van der Waals surface area (Å²) in [7, 11) is -3.44. The molecule has 1 aliphatic heterocycles. The van der Waals surface area contributed by atoms with Gasteiger partial charge in [0.05, 0.1) is 22.7 Å². The third-order valence-electron chi connectivity index (χ3n) is 3.13. The van der Waals surface area contributed by atoms with Crippen LogP contribution in [0.4, 0.5) is 0 Å². The van der Waals surface area contributed by atoms with E-state index in [0.29, 0.717) is 12.8 Å². The van der Waals surface area contributed by atoms with Crippen molar-refractivity contribution in [3.05, 3.63) is 30.3 Å². The van der Waals surface area contributed by atoms with Crippen molar-refractivity contribution in [2.75, 3.05) is 0 Å². The van der Waals surface area contributed by atoms with E-state index < -0.39 is 21.1 Å². The summed E-state index contributed by atoms with van der Waals surface area (Å²) in [5, 5.41) is -0.669. The first-order valence-electron chi connectivity index (χ1n) is 5.98. The van der Waals surface area contributed by atoms with Crippen LogP contribution in [0.25, 0.3) is 0 Å². The van der Waals surface area contributed by atoms with Crippen LogP contribution in [0.3, 0.4) is 0 Å². The Balaban J connectivity index is 2.28. The molecular weight excluding hydrogens is 252 g/mol. The van der Waals surface area contributed by atoms with Crippen LogP contribution in [0, 0.1) is 0 Å². The molecule has 1 aliphatic rings. The highest BCUT2D eigenvalue weighted by atomic mass is 32.2. The molecule has 0 aliphatic carbocycles. The largest absolute Gasteiger partial charge is 0.463 e. The quantitative estimate of drug-likeness (QED) is 0.769. The van der Waals surface area contributed by atoms with Crippen LogP contribution in [0.2, 0.25) is 0 Å². The van der Waals surface area contributed by atoms with Gasteiger partial charge in [-0.1, -0.05) is 18.2 Å². The fraction of sp³-hybridized carbons (Fsp3) is 0.462. The number of ether oxygens (including phenoxy) is 1. The molecule has 0 aromatic heterocycles. The van der Waals surface area contributed by atoms with E-state index in [0.717, 1.165) is 0 Å². The Morgan fingerprint density at radius 1 is 1.17 bits per heavy atom. The zero-order chi connectivity index (χ0) is 13.2. The topological polar surface area (TPSA) is 60.4 Å². The molecule has 1 aromatic carbocycles. The van der Waals surface area contributed by atoms with Crippen molar-refractivity contribution in [2.45, 2.75) is 42.4 Å². The lowest BCUT2D eigenvalue weighted by Gasteiger charge is -2.13. The van der Waals surface area contributed by atoms with Crippen molar-refractivity contribution < 1.29 is 17.9 Å². The van der Waals surface area contributed by atoms with Crippen molar-refractivity contribution in [2.24, 2.45) is 0 Å². The Hall–Kier alpha value is -1.36. The van der Waals surface area contributed by atoms with Crippen molar-refractivity contribution in [1.29, 1.82) is 0 Å². The Morgan fingerprint density at radius 2 is 1.83 bits per heavy atom. The van der Waals surface area contributed by atoms with Crippen LogP contribution in [0.15, 0.2) is 35.2 Å². The number of benzene rings is 1. The molecule has 0 N–H and O–H groups in total. The van der Waals surface area contributed by atoms with Gasteiger partial charge < -0.3 is 4.74 Å². The summed E-state index contributed by atoms with van der Waals surface area (Å²) in [6.45, 7) is 1.79. The molecule has 0 radical (unpaired) electrons. The zero-order valence-electron chi connectivity index (χ0n) is 10.2. The Morgan fingerprint density at radius 3 is 2.50 bits per heavy atom. The molecule has 98 valence electrons. The lowest BCUT2D eigenvalue weighted by atomic mass is 10.1. The minimum atomic E-state index is -3.44. The van der Waals surface area contributed by atoms with Crippen LogP contribution in [0.5, 0.6) is 0 Å². The number of rotatable bonds is 2. The van der Waals surface area contributed by atoms with E-state index >= 15 is 0 Å². The van der Waals surface area contributed by atoms with Crippen LogP contribution in [0.1, 0.15) is 26.2 Å². The third kappa shape index (κ3) is 2.72. The van der Waals surface area contributed by atoms with E-state index in [9.17, 15) is 13.2 Å². The highest BCUT2D eigenvalue weighted by molar-refractivity contribution is 7.92. The second-order valence-electron chi connectivity index (χ2n) is 4.56. The molecule has 1 heterocycles. The number of sulfone groups is 1. The monoisotopic (exact) mass is 268 g/mol. The fourth-order valence-corrected chi connectivity index (χ4v) is 3.83. The molecule has 1 fully saturated rings. The van der Waals surface area contributed by atoms with Gasteiger partial charge in [-0.15, -0.1) is 0 Å². The molecule has 1 saturated heterocycles. The molecule has 0 spiro atoms. The van der Waals surface area contributed by atoms with E-state index in [4.69, 9.17) is 4.74 Å². The van der Waals surface area contributed by atoms with Gasteiger partial charge >= 0.3 is 5.97 Å². The average Bonchev–Trinajstić information content (AvgIpc) is 2.51. The molecule has 0 amide bonds. The number of hydrogen-bond donors (Lipinski definition) is 0. The third-order valence-corrected chi connectivity index (χ3v) is 5.34. The summed E-state index contributed by atoms with van der Waals surface area (Å²) in [6.07, 6.45) is 0.794. The smallest absolute Gasteiger partial charge is 0.307 e. The SMILES string of the molecule is C[C@@H]1CCC(S(=O)(=O)c2ccccc2)CC(=O)O1. The summed E-state index contributed by atoms with van der Waals surface area (Å²) in [6, 6.07) is 8.27. The molecule has 1 unspecified atom stereocenters. The minimum Gasteiger partial charge on any atom is -0.463 e. The van der Waals surface area contributed by atoms with Crippen LogP contribution in [-0.2, 0) is 19.4 Å². The first-order chi connectivity index (χ1) is 8.50. The minimum absolute atomic E-state index is 0.0540. The number of hydrogen-bond acceptors (Lipinski definition) is 4. The molecule has 4 nitrogen and oxygen atoms in total. The van der Waals surface area contributed by atoms with E-state index in [1.807, 2.05) is 0 Å². The molecule has 2 atom stereocenters. The van der Waals surface area contributed by atoms with Crippen molar-refractivity contribution in [3.63, 3.8) is 0 Å². The predicted molar refractivity (Wildman–Crippen MR) is 66.8 cm³/mol. The van der Waals surface area contributed by atoms with E-state index in [1.165, 1.54) is 0 Å². The number of esters is 1. The predicted octanol–water partition coefficient (Wildman–Crippen LogP) is 1.94. The average molecular weight is 268 g/mol. The highest BCUT2D eigenvalue weighted by Gasteiger charge is 2.33.